The van der Waals surface area contributed by atoms with Crippen LogP contribution in [0.4, 0.5) is 0 Å². The van der Waals surface area contributed by atoms with Gasteiger partial charge in [-0.1, -0.05) is 65.3 Å². The topological polar surface area (TPSA) is 66.8 Å². The van der Waals surface area contributed by atoms with Gasteiger partial charge in [0, 0.05) is 49.2 Å². The van der Waals surface area contributed by atoms with Gasteiger partial charge in [0.15, 0.2) is 0 Å². The average molecular weight is 518 g/mol. The van der Waals surface area contributed by atoms with Crippen LogP contribution in [0.1, 0.15) is 91.2 Å². The molecule has 0 radical (unpaired) electrons. The largest absolute Gasteiger partial charge is 0.481 e. The lowest BCUT2D eigenvalue weighted by atomic mass is 9.61. The van der Waals surface area contributed by atoms with Crippen LogP contribution in [0.3, 0.4) is 0 Å². The fourth-order valence-corrected chi connectivity index (χ4v) is 6.06. The zero-order chi connectivity index (χ0) is 26.9. The van der Waals surface area contributed by atoms with E-state index < -0.39 is 16.8 Å². The molecule has 0 unspecified atom stereocenters. The van der Waals surface area contributed by atoms with Crippen LogP contribution in [0.2, 0.25) is 5.02 Å². The number of aryl methyl sites for hydroxylation is 1. The molecule has 1 aliphatic carbocycles. The first-order valence-corrected chi connectivity index (χ1v) is 13.6. The van der Waals surface area contributed by atoms with Crippen LogP contribution in [0, 0.1) is 16.7 Å². The molecule has 36 heavy (non-hydrogen) atoms. The molecular formula is C30H44ClNO4. The molecule has 0 spiro atoms. The smallest absolute Gasteiger partial charge is 0.303 e. The Morgan fingerprint density at radius 2 is 1.86 bits per heavy atom. The summed E-state index contributed by atoms with van der Waals surface area (Å²) in [4.78, 5) is 26.9. The van der Waals surface area contributed by atoms with Crippen molar-refractivity contribution in [1.29, 1.82) is 0 Å². The number of hydrogen-bond acceptors (Lipinski definition) is 3. The number of amides is 1. The Kier molecular flexibility index (Phi) is 8.67. The molecule has 1 N–H and O–H groups in total. The van der Waals surface area contributed by atoms with Gasteiger partial charge in [0.2, 0.25) is 5.91 Å². The van der Waals surface area contributed by atoms with Crippen molar-refractivity contribution in [1.82, 2.24) is 4.90 Å². The van der Waals surface area contributed by atoms with Gasteiger partial charge < -0.3 is 14.7 Å². The number of rotatable bonds is 10. The summed E-state index contributed by atoms with van der Waals surface area (Å²) in [5, 5.41) is 10.1. The standard InChI is InChI=1S/C30H44ClNO4/c1-28(2,3)12-10-21-8-9-22(16-24(21)31)30(6)17-26(33)32(23-14-20(15-23)19-36-7)18-25(30)29(4,5)13-11-27(34)35/h8-9,16,18,20,23H,10-15,17,19H2,1-7H3,(H,34,35)/t20?,23?,30-/m0/s1. The van der Waals surface area contributed by atoms with E-state index in [2.05, 4.69) is 53.7 Å². The van der Waals surface area contributed by atoms with Gasteiger partial charge >= 0.3 is 5.97 Å². The summed E-state index contributed by atoms with van der Waals surface area (Å²) >= 11 is 6.79. The Bertz CT molecular complexity index is 1000. The molecule has 0 bridgehead atoms. The Balaban J connectivity index is 1.97. The fraction of sp³-hybridized carbons (Fsp3) is 0.667. The number of carboxylic acid groups (broad SMARTS) is 1. The van der Waals surface area contributed by atoms with E-state index >= 15 is 0 Å². The molecule has 1 amide bonds. The maximum atomic E-state index is 13.5. The third-order valence-corrected chi connectivity index (χ3v) is 8.54. The van der Waals surface area contributed by atoms with Gasteiger partial charge in [-0.25, -0.2) is 0 Å². The van der Waals surface area contributed by atoms with E-state index in [4.69, 9.17) is 16.3 Å². The molecule has 1 aliphatic heterocycles. The summed E-state index contributed by atoms with van der Waals surface area (Å²) in [6.45, 7) is 13.7. The number of benzene rings is 1. The minimum atomic E-state index is -0.804. The summed E-state index contributed by atoms with van der Waals surface area (Å²) in [6, 6.07) is 6.43. The number of hydrogen-bond donors (Lipinski definition) is 1. The Labute approximate surface area is 222 Å². The molecule has 5 nitrogen and oxygen atoms in total. The summed E-state index contributed by atoms with van der Waals surface area (Å²) in [5.74, 6) is -0.205. The maximum absolute atomic E-state index is 13.5. The normalized spacial score (nSPS) is 24.9. The van der Waals surface area contributed by atoms with E-state index in [0.717, 1.165) is 54.0 Å². The predicted octanol–water partition coefficient (Wildman–Crippen LogP) is 7.01. The number of ether oxygens (including phenoxy) is 1. The van der Waals surface area contributed by atoms with Crippen molar-refractivity contribution in [2.45, 2.75) is 97.9 Å². The number of carbonyl (C=O) groups excluding carboxylic acids is 1. The minimum Gasteiger partial charge on any atom is -0.481 e. The summed E-state index contributed by atoms with van der Waals surface area (Å²) in [5.41, 5.74) is 2.50. The summed E-state index contributed by atoms with van der Waals surface area (Å²) in [6.07, 6.45) is 6.79. The van der Waals surface area contributed by atoms with Crippen LogP contribution in [0.5, 0.6) is 0 Å². The lowest BCUT2D eigenvalue weighted by Crippen LogP contribution is -2.52. The van der Waals surface area contributed by atoms with Crippen molar-refractivity contribution in [2.75, 3.05) is 13.7 Å². The van der Waals surface area contributed by atoms with Crippen molar-refractivity contribution in [3.8, 4) is 0 Å². The second kappa shape index (κ2) is 10.9. The first-order chi connectivity index (χ1) is 16.7. The highest BCUT2D eigenvalue weighted by Gasteiger charge is 2.47. The average Bonchev–Trinajstić information content (AvgIpc) is 2.73. The minimum absolute atomic E-state index is 0.0835. The first kappa shape index (κ1) is 28.7. The molecule has 1 fully saturated rings. The van der Waals surface area contributed by atoms with Gasteiger partial charge in [-0.2, -0.15) is 0 Å². The van der Waals surface area contributed by atoms with Crippen molar-refractivity contribution >= 4 is 23.5 Å². The van der Waals surface area contributed by atoms with Crippen LogP contribution in [0.25, 0.3) is 0 Å². The second-order valence-corrected chi connectivity index (χ2v) is 13.4. The zero-order valence-electron chi connectivity index (χ0n) is 23.1. The number of nitrogens with zero attached hydrogens (tertiary/aromatic N) is 1. The number of carboxylic acids is 1. The molecule has 0 aromatic heterocycles. The van der Waals surface area contributed by atoms with Crippen LogP contribution < -0.4 is 0 Å². The van der Waals surface area contributed by atoms with Crippen molar-refractivity contribution in [2.24, 2.45) is 16.7 Å². The van der Waals surface area contributed by atoms with Crippen molar-refractivity contribution in [3.63, 3.8) is 0 Å². The molecular weight excluding hydrogens is 474 g/mol. The van der Waals surface area contributed by atoms with Gasteiger partial charge in [0.25, 0.3) is 0 Å². The molecule has 1 atom stereocenters. The quantitative estimate of drug-likeness (QED) is 0.362. The Morgan fingerprint density at radius 1 is 1.19 bits per heavy atom. The van der Waals surface area contributed by atoms with E-state index in [1.165, 1.54) is 0 Å². The Morgan fingerprint density at radius 3 is 2.42 bits per heavy atom. The maximum Gasteiger partial charge on any atom is 0.303 e. The van der Waals surface area contributed by atoms with Crippen LogP contribution >= 0.6 is 11.6 Å². The molecule has 1 aromatic rings. The summed E-state index contributed by atoms with van der Waals surface area (Å²) < 4.78 is 5.30. The third kappa shape index (κ3) is 6.52. The lowest BCUT2D eigenvalue weighted by Gasteiger charge is -2.50. The first-order valence-electron chi connectivity index (χ1n) is 13.2. The molecule has 6 heteroatoms. The van der Waals surface area contributed by atoms with E-state index in [0.29, 0.717) is 18.8 Å². The fourth-order valence-electron chi connectivity index (χ4n) is 5.79. The summed E-state index contributed by atoms with van der Waals surface area (Å²) in [7, 11) is 1.72. The number of methoxy groups -OCH3 is 1. The number of carbonyl (C=O) groups is 2. The highest BCUT2D eigenvalue weighted by molar-refractivity contribution is 6.31. The predicted molar refractivity (Wildman–Crippen MR) is 145 cm³/mol. The van der Waals surface area contributed by atoms with Gasteiger partial charge in [-0.15, -0.1) is 0 Å². The number of halogens is 1. The van der Waals surface area contributed by atoms with Gasteiger partial charge in [0.1, 0.15) is 0 Å². The molecule has 1 saturated carbocycles. The highest BCUT2D eigenvalue weighted by atomic mass is 35.5. The third-order valence-electron chi connectivity index (χ3n) is 8.19. The molecule has 1 heterocycles. The number of allylic oxidation sites excluding steroid dienone is 1. The van der Waals surface area contributed by atoms with E-state index in [9.17, 15) is 14.7 Å². The van der Waals surface area contributed by atoms with Crippen LogP contribution in [-0.4, -0.2) is 41.6 Å². The van der Waals surface area contributed by atoms with Crippen molar-refractivity contribution < 1.29 is 19.4 Å². The van der Waals surface area contributed by atoms with Gasteiger partial charge in [-0.05, 0) is 71.6 Å². The molecule has 1 aromatic carbocycles. The SMILES string of the molecule is COCC1CC(N2C=C(C(C)(C)CCC(=O)O)[C@](C)(c3ccc(CCC(C)(C)C)c(Cl)c3)CC2=O)C1. The second-order valence-electron chi connectivity index (χ2n) is 12.9. The van der Waals surface area contributed by atoms with E-state index in [1.54, 1.807) is 7.11 Å². The monoisotopic (exact) mass is 517 g/mol. The molecule has 2 aliphatic rings. The molecule has 0 saturated heterocycles. The number of aliphatic carboxylic acids is 1. The van der Waals surface area contributed by atoms with Crippen molar-refractivity contribution in [3.05, 3.63) is 46.1 Å². The molecule has 200 valence electrons. The van der Waals surface area contributed by atoms with Gasteiger partial charge in [-0.3, -0.25) is 9.59 Å². The zero-order valence-corrected chi connectivity index (χ0v) is 23.9. The lowest BCUT2D eigenvalue weighted by molar-refractivity contribution is -0.138. The van der Waals surface area contributed by atoms with Gasteiger partial charge in [0.05, 0.1) is 0 Å². The van der Waals surface area contributed by atoms with E-state index in [-0.39, 0.29) is 23.8 Å². The van der Waals surface area contributed by atoms with Crippen LogP contribution in [-0.2, 0) is 26.2 Å². The molecule has 3 rings (SSSR count). The van der Waals surface area contributed by atoms with E-state index in [1.807, 2.05) is 17.2 Å². The Hall–Kier alpha value is -1.85. The van der Waals surface area contributed by atoms with Crippen LogP contribution in [0.15, 0.2) is 30.0 Å². The highest BCUT2D eigenvalue weighted by Crippen LogP contribution is 2.51.